The summed E-state index contributed by atoms with van der Waals surface area (Å²) in [4.78, 5) is 9.25. The van der Waals surface area contributed by atoms with Gasteiger partial charge in [0, 0.05) is 12.7 Å². The molecule has 0 fully saturated rings. The Balaban J connectivity index is -0.000000120. The average molecular weight is 190 g/mol. The van der Waals surface area contributed by atoms with Crippen LogP contribution < -0.4 is 0 Å². The van der Waals surface area contributed by atoms with E-state index in [0.29, 0.717) is 0 Å². The third-order valence-electron chi connectivity index (χ3n) is 0.459. The van der Waals surface area contributed by atoms with Crippen LogP contribution in [0.5, 0.6) is 0 Å². The number of hydrogen-bond acceptors (Lipinski definition) is 3. The van der Waals surface area contributed by atoms with Gasteiger partial charge >= 0.3 is 5.97 Å². The van der Waals surface area contributed by atoms with Crippen molar-refractivity contribution >= 4 is 5.97 Å². The fraction of sp³-hybridized carbons (Fsp3) is 0.444. The van der Waals surface area contributed by atoms with Gasteiger partial charge in [0.1, 0.15) is 0 Å². The van der Waals surface area contributed by atoms with Crippen molar-refractivity contribution < 1.29 is 19.7 Å². The Kier molecular flexibility index (Phi) is 30.5. The Labute approximate surface area is 79.2 Å². The minimum Gasteiger partial charge on any atom is -0.502 e. The van der Waals surface area contributed by atoms with E-state index in [0.717, 1.165) is 12.7 Å². The van der Waals surface area contributed by atoms with Crippen molar-refractivity contribution in [3.63, 3.8) is 0 Å². The number of aliphatic hydroxyl groups is 1. The highest BCUT2D eigenvalue weighted by Gasteiger charge is 1.73. The quantitative estimate of drug-likeness (QED) is 0.521. The second-order valence-corrected chi connectivity index (χ2v) is 1.48. The van der Waals surface area contributed by atoms with Crippen LogP contribution in [0.4, 0.5) is 0 Å². The number of aliphatic hydroxyl groups excluding tert-OH is 1. The molecule has 78 valence electrons. The van der Waals surface area contributed by atoms with Gasteiger partial charge in [-0.05, 0) is 13.8 Å². The average Bonchev–Trinajstić information content (AvgIpc) is 2.08. The van der Waals surface area contributed by atoms with Gasteiger partial charge in [-0.25, -0.2) is 4.79 Å². The minimum atomic E-state index is -0.981. The molecule has 13 heavy (non-hydrogen) atoms. The molecule has 4 nitrogen and oxygen atoms in total. The molecule has 0 saturated carbocycles. The van der Waals surface area contributed by atoms with Crippen LogP contribution >= 0.6 is 0 Å². The number of aliphatic carboxylic acids is 1. The summed E-state index contributed by atoms with van der Waals surface area (Å²) >= 11 is 0. The molecule has 4 heteroatoms. The molecule has 0 rings (SSSR count). The molecule has 0 aliphatic rings. The highest BCUT2D eigenvalue weighted by molar-refractivity contribution is 5.78. The summed E-state index contributed by atoms with van der Waals surface area (Å²) in [5, 5.41) is 15.2. The van der Waals surface area contributed by atoms with Crippen LogP contribution in [0.1, 0.15) is 13.8 Å². The van der Waals surface area contributed by atoms with E-state index in [1.165, 1.54) is 6.26 Å². The van der Waals surface area contributed by atoms with Crippen molar-refractivity contribution in [1.82, 2.24) is 0 Å². The lowest BCUT2D eigenvalue weighted by Gasteiger charge is -1.84. The Morgan fingerprint density at radius 2 is 1.77 bits per heavy atom. The van der Waals surface area contributed by atoms with Crippen molar-refractivity contribution in [1.29, 1.82) is 0 Å². The van der Waals surface area contributed by atoms with Crippen LogP contribution in [0, 0.1) is 0 Å². The predicted octanol–water partition coefficient (Wildman–Crippen LogP) is 1.42. The zero-order valence-corrected chi connectivity index (χ0v) is 8.19. The molecule has 0 aliphatic heterocycles. The van der Waals surface area contributed by atoms with Gasteiger partial charge in [-0.3, -0.25) is 0 Å². The van der Waals surface area contributed by atoms with Crippen LogP contribution in [-0.4, -0.2) is 29.4 Å². The van der Waals surface area contributed by atoms with Crippen LogP contribution in [0.2, 0.25) is 0 Å². The number of carbonyl (C=O) groups is 1. The standard InChI is InChI=1S/C4H8O.C3H4O2.C2H6O/c1-3-5-4-2;1-2-3(4)5;1-2-3/h3H,1,4H2,2H3;2H,1H2,(H,4,5);3H,2H2,1H3. The molecular formula is C9H18O4. The number of ether oxygens (including phenoxy) is 1. The van der Waals surface area contributed by atoms with Gasteiger partial charge in [0.15, 0.2) is 0 Å². The number of carboxylic acids is 1. The van der Waals surface area contributed by atoms with Crippen molar-refractivity contribution in [2.45, 2.75) is 13.8 Å². The Hall–Kier alpha value is -1.29. The van der Waals surface area contributed by atoms with Crippen LogP contribution in [-0.2, 0) is 9.53 Å². The molecule has 0 atom stereocenters. The van der Waals surface area contributed by atoms with E-state index in [2.05, 4.69) is 17.9 Å². The maximum absolute atomic E-state index is 9.25. The molecule has 0 radical (unpaired) electrons. The van der Waals surface area contributed by atoms with Crippen LogP contribution in [0.3, 0.4) is 0 Å². The maximum atomic E-state index is 9.25. The van der Waals surface area contributed by atoms with Gasteiger partial charge < -0.3 is 14.9 Å². The molecule has 0 aromatic carbocycles. The van der Waals surface area contributed by atoms with Crippen LogP contribution in [0.25, 0.3) is 0 Å². The van der Waals surface area contributed by atoms with Crippen molar-refractivity contribution in [2.24, 2.45) is 0 Å². The summed E-state index contributed by atoms with van der Waals surface area (Å²) in [7, 11) is 0. The first-order chi connectivity index (χ1) is 6.10. The first-order valence-electron chi connectivity index (χ1n) is 3.79. The molecule has 0 unspecified atom stereocenters. The van der Waals surface area contributed by atoms with Gasteiger partial charge in [0.05, 0.1) is 12.9 Å². The third kappa shape index (κ3) is 111. The Morgan fingerprint density at radius 3 is 1.77 bits per heavy atom. The zero-order valence-electron chi connectivity index (χ0n) is 8.19. The smallest absolute Gasteiger partial charge is 0.327 e. The third-order valence-corrected chi connectivity index (χ3v) is 0.459. The minimum absolute atomic E-state index is 0.250. The molecule has 0 amide bonds. The normalized spacial score (nSPS) is 6.38. The lowest BCUT2D eigenvalue weighted by molar-refractivity contribution is -0.131. The van der Waals surface area contributed by atoms with Crippen molar-refractivity contribution in [3.05, 3.63) is 25.5 Å². The van der Waals surface area contributed by atoms with E-state index >= 15 is 0 Å². The number of carboxylic acid groups (broad SMARTS) is 1. The largest absolute Gasteiger partial charge is 0.502 e. The second-order valence-electron chi connectivity index (χ2n) is 1.48. The SMILES string of the molecule is C=CC(=O)O.C=COCC.CCO. The summed E-state index contributed by atoms with van der Waals surface area (Å²) in [6.07, 6.45) is 2.26. The maximum Gasteiger partial charge on any atom is 0.327 e. The Bertz CT molecular complexity index is 121. The van der Waals surface area contributed by atoms with E-state index in [4.69, 9.17) is 10.2 Å². The van der Waals surface area contributed by atoms with E-state index in [-0.39, 0.29) is 6.61 Å². The van der Waals surface area contributed by atoms with E-state index < -0.39 is 5.97 Å². The summed E-state index contributed by atoms with van der Waals surface area (Å²) in [5.41, 5.74) is 0. The molecule has 0 bridgehead atoms. The molecule has 2 N–H and O–H groups in total. The number of hydrogen-bond donors (Lipinski definition) is 2. The molecule has 0 spiro atoms. The van der Waals surface area contributed by atoms with Gasteiger partial charge in [-0.2, -0.15) is 0 Å². The Morgan fingerprint density at radius 1 is 1.46 bits per heavy atom. The van der Waals surface area contributed by atoms with Crippen molar-refractivity contribution in [3.8, 4) is 0 Å². The van der Waals surface area contributed by atoms with Gasteiger partial charge in [0.25, 0.3) is 0 Å². The van der Waals surface area contributed by atoms with E-state index in [1.807, 2.05) is 6.92 Å². The first-order valence-corrected chi connectivity index (χ1v) is 3.79. The van der Waals surface area contributed by atoms with Gasteiger partial charge in [0.2, 0.25) is 0 Å². The molecule has 0 aromatic heterocycles. The highest BCUT2D eigenvalue weighted by Crippen LogP contribution is 1.65. The van der Waals surface area contributed by atoms with Crippen molar-refractivity contribution in [2.75, 3.05) is 13.2 Å². The first kappa shape index (κ1) is 17.7. The molecular weight excluding hydrogens is 172 g/mol. The predicted molar refractivity (Wildman–Crippen MR) is 52.4 cm³/mol. The van der Waals surface area contributed by atoms with E-state index in [9.17, 15) is 4.79 Å². The van der Waals surface area contributed by atoms with Gasteiger partial charge in [-0.1, -0.05) is 13.2 Å². The molecule has 0 saturated heterocycles. The lowest BCUT2D eigenvalue weighted by Crippen LogP contribution is -1.82. The summed E-state index contributed by atoms with van der Waals surface area (Å²) in [5.74, 6) is -0.981. The summed E-state index contributed by atoms with van der Waals surface area (Å²) in [6.45, 7) is 10.9. The monoisotopic (exact) mass is 190 g/mol. The second kappa shape index (κ2) is 22.4. The summed E-state index contributed by atoms with van der Waals surface area (Å²) < 4.78 is 4.60. The highest BCUT2D eigenvalue weighted by atomic mass is 16.5. The lowest BCUT2D eigenvalue weighted by atomic mass is 10.7. The van der Waals surface area contributed by atoms with Gasteiger partial charge in [-0.15, -0.1) is 0 Å². The molecule has 0 aliphatic carbocycles. The zero-order chi connectivity index (χ0) is 11.1. The van der Waals surface area contributed by atoms with E-state index in [1.54, 1.807) is 6.92 Å². The molecule has 0 aromatic rings. The van der Waals surface area contributed by atoms with Crippen LogP contribution in [0.15, 0.2) is 25.5 Å². The topological polar surface area (TPSA) is 66.8 Å². The fourth-order valence-corrected chi connectivity index (χ4v) is 0.118. The molecule has 0 heterocycles. The fourth-order valence-electron chi connectivity index (χ4n) is 0.118. The number of rotatable bonds is 3. The summed E-state index contributed by atoms with van der Waals surface area (Å²) in [6, 6.07) is 0.